The number of hydrogen-bond donors (Lipinski definition) is 0. The Morgan fingerprint density at radius 2 is 2.00 bits per heavy atom. The van der Waals surface area contributed by atoms with Crippen LogP contribution >= 0.6 is 0 Å². The summed E-state index contributed by atoms with van der Waals surface area (Å²) in [6.45, 7) is 6.18. The first kappa shape index (κ1) is 10.7. The van der Waals surface area contributed by atoms with Crippen LogP contribution in [0.1, 0.15) is 37.9 Å². The number of nitrogens with zero attached hydrogens (tertiary/aromatic N) is 1. The summed E-state index contributed by atoms with van der Waals surface area (Å²) in [4.78, 5) is 4.30. The Labute approximate surface area is 86.2 Å². The van der Waals surface area contributed by atoms with Crippen molar-refractivity contribution >= 4 is 6.08 Å². The van der Waals surface area contributed by atoms with E-state index in [-0.39, 0.29) is 0 Å². The summed E-state index contributed by atoms with van der Waals surface area (Å²) in [5.41, 5.74) is 2.40. The summed E-state index contributed by atoms with van der Waals surface area (Å²) < 4.78 is 0. The van der Waals surface area contributed by atoms with E-state index in [0.717, 1.165) is 5.69 Å². The number of pyridine rings is 1. The Hall–Kier alpha value is -1.37. The topological polar surface area (TPSA) is 12.9 Å². The molecule has 1 atom stereocenters. The second-order valence-corrected chi connectivity index (χ2v) is 3.01. The van der Waals surface area contributed by atoms with Gasteiger partial charge in [0.2, 0.25) is 0 Å². The number of aromatic nitrogens is 1. The number of hydrogen-bond acceptors (Lipinski definition) is 1. The van der Waals surface area contributed by atoms with Crippen molar-refractivity contribution in [3.05, 3.63) is 47.8 Å². The van der Waals surface area contributed by atoms with Crippen LogP contribution in [0.4, 0.5) is 0 Å². The fourth-order valence-electron chi connectivity index (χ4n) is 1.44. The quantitative estimate of drug-likeness (QED) is 0.602. The van der Waals surface area contributed by atoms with Gasteiger partial charge in [-0.3, -0.25) is 4.98 Å². The van der Waals surface area contributed by atoms with Crippen LogP contribution in [0.3, 0.4) is 0 Å². The predicted octanol–water partition coefficient (Wildman–Crippen LogP) is 3.79. The molecule has 2 rings (SSSR count). The second-order valence-electron chi connectivity index (χ2n) is 3.01. The molecule has 1 unspecified atom stereocenters. The third-order valence-electron chi connectivity index (χ3n) is 2.13. The van der Waals surface area contributed by atoms with Crippen LogP contribution in [0.2, 0.25) is 0 Å². The summed E-state index contributed by atoms with van der Waals surface area (Å²) in [5, 5.41) is 0. The highest BCUT2D eigenvalue weighted by atomic mass is 14.7. The monoisotopic (exact) mass is 187 g/mol. The van der Waals surface area contributed by atoms with Crippen molar-refractivity contribution in [2.24, 2.45) is 0 Å². The van der Waals surface area contributed by atoms with Gasteiger partial charge in [-0.05, 0) is 17.7 Å². The Kier molecular flexibility index (Phi) is 4.11. The lowest BCUT2D eigenvalue weighted by Crippen LogP contribution is -1.93. The van der Waals surface area contributed by atoms with E-state index in [2.05, 4.69) is 36.2 Å². The lowest BCUT2D eigenvalue weighted by molar-refractivity contribution is 0.950. The van der Waals surface area contributed by atoms with Gasteiger partial charge in [0.1, 0.15) is 0 Å². The molecule has 1 aliphatic carbocycles. The van der Waals surface area contributed by atoms with E-state index in [0.29, 0.717) is 5.92 Å². The highest BCUT2D eigenvalue weighted by Gasteiger charge is 2.07. The third-order valence-corrected chi connectivity index (χ3v) is 2.13. The molecule has 1 aliphatic rings. The minimum absolute atomic E-state index is 0.476. The second kappa shape index (κ2) is 5.38. The SMILES string of the molecule is CC.CC1C=CC=Cc2ncccc21. The molecule has 1 aromatic heterocycles. The fourth-order valence-corrected chi connectivity index (χ4v) is 1.44. The van der Waals surface area contributed by atoms with Gasteiger partial charge in [-0.15, -0.1) is 0 Å². The molecule has 0 spiro atoms. The molecular formula is C13H17N. The standard InChI is InChI=1S/C11H11N.C2H6/c1-9-5-2-3-7-11-10(9)6-4-8-12-11;1-2/h2-9H,1H3;1-2H3. The first-order chi connectivity index (χ1) is 6.88. The van der Waals surface area contributed by atoms with Crippen LogP contribution in [0.25, 0.3) is 6.08 Å². The molecule has 0 fully saturated rings. The molecular weight excluding hydrogens is 170 g/mol. The molecule has 74 valence electrons. The maximum absolute atomic E-state index is 4.30. The summed E-state index contributed by atoms with van der Waals surface area (Å²) in [6.07, 6.45) is 10.2. The van der Waals surface area contributed by atoms with Crippen molar-refractivity contribution in [1.29, 1.82) is 0 Å². The van der Waals surface area contributed by atoms with E-state index in [1.165, 1.54) is 5.56 Å². The van der Waals surface area contributed by atoms with E-state index >= 15 is 0 Å². The van der Waals surface area contributed by atoms with Crippen molar-refractivity contribution < 1.29 is 0 Å². The van der Waals surface area contributed by atoms with Gasteiger partial charge in [0.05, 0.1) is 5.69 Å². The molecule has 0 radical (unpaired) electrons. The van der Waals surface area contributed by atoms with Crippen molar-refractivity contribution in [3.63, 3.8) is 0 Å². The molecule has 1 aromatic rings. The van der Waals surface area contributed by atoms with E-state index in [1.54, 1.807) is 0 Å². The lowest BCUT2D eigenvalue weighted by atomic mass is 10.0. The zero-order chi connectivity index (χ0) is 10.4. The molecule has 0 saturated heterocycles. The smallest absolute Gasteiger partial charge is 0.0667 e. The van der Waals surface area contributed by atoms with Crippen LogP contribution in [0.5, 0.6) is 0 Å². The molecule has 0 N–H and O–H groups in total. The van der Waals surface area contributed by atoms with E-state index in [4.69, 9.17) is 0 Å². The third kappa shape index (κ3) is 2.32. The summed E-state index contributed by atoms with van der Waals surface area (Å²) in [6, 6.07) is 4.12. The Morgan fingerprint density at radius 1 is 1.21 bits per heavy atom. The van der Waals surface area contributed by atoms with Crippen LogP contribution < -0.4 is 0 Å². The Bertz CT molecular complexity index is 337. The van der Waals surface area contributed by atoms with E-state index in [9.17, 15) is 0 Å². The molecule has 0 amide bonds. The minimum Gasteiger partial charge on any atom is -0.257 e. The lowest BCUT2D eigenvalue weighted by Gasteiger charge is -2.07. The average molecular weight is 187 g/mol. The Balaban J connectivity index is 0.000000461. The molecule has 0 bridgehead atoms. The summed E-state index contributed by atoms with van der Waals surface area (Å²) in [5.74, 6) is 0.476. The minimum atomic E-state index is 0.476. The maximum atomic E-state index is 4.30. The summed E-state index contributed by atoms with van der Waals surface area (Å²) >= 11 is 0. The number of fused-ring (bicyclic) bond motifs is 1. The molecule has 0 aliphatic heterocycles. The van der Waals surface area contributed by atoms with Gasteiger partial charge in [-0.2, -0.15) is 0 Å². The zero-order valence-corrected chi connectivity index (χ0v) is 9.07. The van der Waals surface area contributed by atoms with Crippen LogP contribution in [-0.2, 0) is 0 Å². The highest BCUT2D eigenvalue weighted by Crippen LogP contribution is 2.22. The predicted molar refractivity (Wildman–Crippen MR) is 62.2 cm³/mol. The number of rotatable bonds is 0. The first-order valence-electron chi connectivity index (χ1n) is 5.18. The van der Waals surface area contributed by atoms with Gasteiger partial charge in [-0.1, -0.05) is 45.1 Å². The van der Waals surface area contributed by atoms with Gasteiger partial charge < -0.3 is 0 Å². The van der Waals surface area contributed by atoms with Gasteiger partial charge in [0.25, 0.3) is 0 Å². The fraction of sp³-hybridized carbons (Fsp3) is 0.308. The largest absolute Gasteiger partial charge is 0.257 e. The van der Waals surface area contributed by atoms with Crippen LogP contribution in [-0.4, -0.2) is 4.98 Å². The van der Waals surface area contributed by atoms with Gasteiger partial charge >= 0.3 is 0 Å². The van der Waals surface area contributed by atoms with Crippen molar-refractivity contribution in [1.82, 2.24) is 4.98 Å². The van der Waals surface area contributed by atoms with E-state index < -0.39 is 0 Å². The van der Waals surface area contributed by atoms with Crippen molar-refractivity contribution in [2.75, 3.05) is 0 Å². The molecule has 1 nitrogen and oxygen atoms in total. The van der Waals surface area contributed by atoms with Gasteiger partial charge in [-0.25, -0.2) is 0 Å². The first-order valence-corrected chi connectivity index (χ1v) is 5.18. The molecule has 0 saturated carbocycles. The van der Waals surface area contributed by atoms with Gasteiger partial charge in [0.15, 0.2) is 0 Å². The van der Waals surface area contributed by atoms with Gasteiger partial charge in [0, 0.05) is 12.1 Å². The highest BCUT2D eigenvalue weighted by molar-refractivity contribution is 5.54. The average Bonchev–Trinajstić information content (AvgIpc) is 2.45. The number of allylic oxidation sites excluding steroid dienone is 3. The maximum Gasteiger partial charge on any atom is 0.0667 e. The van der Waals surface area contributed by atoms with Crippen molar-refractivity contribution in [3.8, 4) is 0 Å². The summed E-state index contributed by atoms with van der Waals surface area (Å²) in [7, 11) is 0. The molecule has 1 heterocycles. The Morgan fingerprint density at radius 3 is 2.79 bits per heavy atom. The van der Waals surface area contributed by atoms with E-state index in [1.807, 2.05) is 32.2 Å². The molecule has 0 aromatic carbocycles. The molecule has 1 heteroatoms. The normalized spacial score (nSPS) is 17.8. The zero-order valence-electron chi connectivity index (χ0n) is 9.07. The van der Waals surface area contributed by atoms with Crippen molar-refractivity contribution in [2.45, 2.75) is 26.7 Å². The van der Waals surface area contributed by atoms with Crippen LogP contribution in [0.15, 0.2) is 36.6 Å². The molecule has 14 heavy (non-hydrogen) atoms. The van der Waals surface area contributed by atoms with Crippen LogP contribution in [0, 0.1) is 0 Å².